The van der Waals surface area contributed by atoms with Crippen molar-refractivity contribution in [3.05, 3.63) is 41.1 Å². The minimum Gasteiger partial charge on any atom is -0.239 e. The summed E-state index contributed by atoms with van der Waals surface area (Å²) in [5.41, 5.74) is 1.60. The first-order chi connectivity index (χ1) is 6.36. The predicted octanol–water partition coefficient (Wildman–Crippen LogP) is 2.30. The molecule has 0 unspecified atom stereocenters. The number of pyridine rings is 1. The van der Waals surface area contributed by atoms with Gasteiger partial charge in [0.25, 0.3) is 0 Å². The molecule has 0 bridgehead atoms. The first kappa shape index (κ1) is 8.31. The lowest BCUT2D eigenvalue weighted by Gasteiger charge is -1.97. The molecule has 0 fully saturated rings. The van der Waals surface area contributed by atoms with Crippen LogP contribution in [0, 0.1) is 0 Å². The number of aromatic nitrogens is 3. The van der Waals surface area contributed by atoms with E-state index in [1.807, 2.05) is 30.3 Å². The third-order valence-electron chi connectivity index (χ3n) is 1.55. The molecule has 0 N–H and O–H groups in total. The average Bonchev–Trinajstić information content (AvgIpc) is 2.19. The van der Waals surface area contributed by atoms with Crippen LogP contribution in [0.25, 0.3) is 11.4 Å². The highest BCUT2D eigenvalue weighted by Gasteiger charge is 1.99. The van der Waals surface area contributed by atoms with E-state index in [-0.39, 0.29) is 0 Å². The van der Waals surface area contributed by atoms with Crippen molar-refractivity contribution in [2.45, 2.75) is 0 Å². The third-order valence-corrected chi connectivity index (χ3v) is 1.99. The van der Waals surface area contributed by atoms with Crippen molar-refractivity contribution < 1.29 is 0 Å². The second kappa shape index (κ2) is 3.62. The Hall–Kier alpha value is -1.29. The van der Waals surface area contributed by atoms with E-state index in [0.717, 1.165) is 16.0 Å². The Morgan fingerprint density at radius 2 is 1.85 bits per heavy atom. The summed E-state index contributed by atoms with van der Waals surface area (Å²) in [6.07, 6.45) is 1.64. The first-order valence-corrected chi connectivity index (χ1v) is 4.56. The van der Waals surface area contributed by atoms with Gasteiger partial charge >= 0.3 is 0 Å². The van der Waals surface area contributed by atoms with Crippen LogP contribution < -0.4 is 0 Å². The van der Waals surface area contributed by atoms with E-state index in [4.69, 9.17) is 0 Å². The number of hydrogen-bond donors (Lipinski definition) is 0. The minimum absolute atomic E-state index is 0.781. The van der Waals surface area contributed by atoms with E-state index in [9.17, 15) is 0 Å². The van der Waals surface area contributed by atoms with Gasteiger partial charge in [0.15, 0.2) is 0 Å². The first-order valence-electron chi connectivity index (χ1n) is 3.77. The lowest BCUT2D eigenvalue weighted by atomic mass is 10.2. The summed E-state index contributed by atoms with van der Waals surface area (Å²) in [6.45, 7) is 0. The van der Waals surface area contributed by atoms with Crippen molar-refractivity contribution in [2.24, 2.45) is 0 Å². The van der Waals surface area contributed by atoms with E-state index in [2.05, 4.69) is 31.1 Å². The molecule has 13 heavy (non-hydrogen) atoms. The molecular formula is C9H6BrN3. The van der Waals surface area contributed by atoms with Gasteiger partial charge in [-0.15, -0.1) is 5.10 Å². The van der Waals surface area contributed by atoms with Crippen molar-refractivity contribution in [3.63, 3.8) is 0 Å². The Balaban J connectivity index is 2.48. The van der Waals surface area contributed by atoms with Crippen molar-refractivity contribution in [1.29, 1.82) is 0 Å². The van der Waals surface area contributed by atoms with Crippen LogP contribution in [0.3, 0.4) is 0 Å². The largest absolute Gasteiger partial charge is 0.239 e. The van der Waals surface area contributed by atoms with Gasteiger partial charge in [-0.3, -0.25) is 0 Å². The fourth-order valence-electron chi connectivity index (χ4n) is 0.989. The predicted molar refractivity (Wildman–Crippen MR) is 53.0 cm³/mol. The van der Waals surface area contributed by atoms with Gasteiger partial charge in [-0.2, -0.15) is 5.10 Å². The topological polar surface area (TPSA) is 38.7 Å². The third kappa shape index (κ3) is 1.89. The lowest BCUT2D eigenvalue weighted by Crippen LogP contribution is -1.88. The van der Waals surface area contributed by atoms with Gasteiger partial charge < -0.3 is 0 Å². The van der Waals surface area contributed by atoms with Gasteiger partial charge in [0.2, 0.25) is 0 Å². The number of nitrogens with zero attached hydrogens (tertiary/aromatic N) is 3. The molecule has 0 aliphatic rings. The van der Waals surface area contributed by atoms with E-state index in [0.29, 0.717) is 0 Å². The zero-order chi connectivity index (χ0) is 9.10. The van der Waals surface area contributed by atoms with Gasteiger partial charge in [0, 0.05) is 6.20 Å². The molecular weight excluding hydrogens is 230 g/mol. The van der Waals surface area contributed by atoms with Crippen LogP contribution in [-0.4, -0.2) is 15.2 Å². The van der Waals surface area contributed by atoms with Gasteiger partial charge in [-0.05, 0) is 40.2 Å². The second-order valence-corrected chi connectivity index (χ2v) is 3.27. The Morgan fingerprint density at radius 3 is 2.54 bits per heavy atom. The minimum atomic E-state index is 0.781. The lowest BCUT2D eigenvalue weighted by molar-refractivity contribution is 1.03. The summed E-state index contributed by atoms with van der Waals surface area (Å²) in [4.78, 5) is 4.26. The van der Waals surface area contributed by atoms with Crippen LogP contribution >= 0.6 is 15.9 Å². The maximum Gasteiger partial charge on any atom is 0.111 e. The Morgan fingerprint density at radius 1 is 1.00 bits per heavy atom. The monoisotopic (exact) mass is 235 g/mol. The Kier molecular flexibility index (Phi) is 2.31. The van der Waals surface area contributed by atoms with Crippen LogP contribution in [0.2, 0.25) is 0 Å². The maximum atomic E-state index is 4.26. The fraction of sp³-hybridized carbons (Fsp3) is 0. The van der Waals surface area contributed by atoms with Gasteiger partial charge in [0.1, 0.15) is 10.3 Å². The van der Waals surface area contributed by atoms with E-state index >= 15 is 0 Å². The molecule has 0 spiro atoms. The van der Waals surface area contributed by atoms with Gasteiger partial charge in [0.05, 0.1) is 5.69 Å². The van der Waals surface area contributed by atoms with Crippen LogP contribution in [0.5, 0.6) is 0 Å². The number of rotatable bonds is 1. The van der Waals surface area contributed by atoms with Crippen LogP contribution in [0.4, 0.5) is 0 Å². The summed E-state index contributed by atoms with van der Waals surface area (Å²) in [5, 5.41) is 7.74. The normalized spacial score (nSPS) is 9.92. The molecule has 2 aromatic heterocycles. The summed E-state index contributed by atoms with van der Waals surface area (Å²) in [6, 6.07) is 9.41. The second-order valence-electron chi connectivity index (χ2n) is 2.45. The molecule has 64 valence electrons. The molecule has 2 heterocycles. The highest BCUT2D eigenvalue weighted by atomic mass is 79.9. The standard InChI is InChI=1S/C9H6BrN3/c10-9-5-1-3-7(12-9)8-4-2-6-11-13-8/h1-6H. The van der Waals surface area contributed by atoms with Crippen molar-refractivity contribution in [2.75, 3.05) is 0 Å². The zero-order valence-corrected chi connectivity index (χ0v) is 8.27. The molecule has 0 saturated carbocycles. The summed E-state index contributed by atoms with van der Waals surface area (Å²) < 4.78 is 0.802. The molecule has 0 saturated heterocycles. The molecule has 0 amide bonds. The Bertz CT molecular complexity index is 403. The smallest absolute Gasteiger partial charge is 0.111 e. The highest BCUT2D eigenvalue weighted by molar-refractivity contribution is 9.10. The van der Waals surface area contributed by atoms with Crippen LogP contribution in [0.1, 0.15) is 0 Å². The number of hydrogen-bond acceptors (Lipinski definition) is 3. The molecule has 3 nitrogen and oxygen atoms in total. The molecule has 0 radical (unpaired) electrons. The summed E-state index contributed by atoms with van der Waals surface area (Å²) in [5.74, 6) is 0. The molecule has 2 rings (SSSR count). The van der Waals surface area contributed by atoms with Crippen LogP contribution in [-0.2, 0) is 0 Å². The van der Waals surface area contributed by atoms with Gasteiger partial charge in [-0.1, -0.05) is 6.07 Å². The summed E-state index contributed by atoms with van der Waals surface area (Å²) in [7, 11) is 0. The van der Waals surface area contributed by atoms with Crippen molar-refractivity contribution in [3.8, 4) is 11.4 Å². The quantitative estimate of drug-likeness (QED) is 0.713. The number of halogens is 1. The highest BCUT2D eigenvalue weighted by Crippen LogP contribution is 2.15. The zero-order valence-electron chi connectivity index (χ0n) is 6.68. The fourth-order valence-corrected chi connectivity index (χ4v) is 1.33. The van der Waals surface area contributed by atoms with Crippen LogP contribution in [0.15, 0.2) is 41.1 Å². The maximum absolute atomic E-state index is 4.26. The van der Waals surface area contributed by atoms with E-state index in [1.54, 1.807) is 6.20 Å². The molecule has 0 aromatic carbocycles. The molecule has 4 heteroatoms. The van der Waals surface area contributed by atoms with E-state index < -0.39 is 0 Å². The summed E-state index contributed by atoms with van der Waals surface area (Å²) >= 11 is 3.30. The SMILES string of the molecule is Brc1cccc(-c2cccnn2)n1. The Labute approximate surface area is 84.0 Å². The molecule has 0 atom stereocenters. The molecule has 0 aliphatic heterocycles. The molecule has 0 aliphatic carbocycles. The van der Waals surface area contributed by atoms with E-state index in [1.165, 1.54) is 0 Å². The van der Waals surface area contributed by atoms with Crippen molar-refractivity contribution in [1.82, 2.24) is 15.2 Å². The van der Waals surface area contributed by atoms with Crippen molar-refractivity contribution >= 4 is 15.9 Å². The average molecular weight is 236 g/mol. The van der Waals surface area contributed by atoms with Gasteiger partial charge in [-0.25, -0.2) is 4.98 Å². The molecule has 2 aromatic rings.